The first-order valence-corrected chi connectivity index (χ1v) is 18.2. The maximum Gasteiger partial charge on any atom is 0.405 e. The third-order valence-corrected chi connectivity index (χ3v) is 8.94. The molecule has 0 aromatic carbocycles. The predicted molar refractivity (Wildman–Crippen MR) is 191 cm³/mol. The molecule has 0 aliphatic carbocycles. The highest BCUT2D eigenvalue weighted by atomic mass is 31.2. The predicted octanol–water partition coefficient (Wildman–Crippen LogP) is 5.77. The SMILES string of the molecule is CC/C=C\C/C=C\C/C=C\C/C=C\C/C=C\C/C=C\CCC(=O)NCCNP(=O)(OC)OC[C@H]1O[C@@H](n2ccc(N)nc2=O)[C@](C)(F)[C@@H]1O. The number of nitrogens with two attached hydrogens (primary N) is 1. The summed E-state index contributed by atoms with van der Waals surface area (Å²) in [5.41, 5.74) is 2.24. The van der Waals surface area contributed by atoms with E-state index in [1.165, 1.54) is 12.3 Å². The molecule has 1 aromatic heterocycles. The number of halogens is 1. The molecule has 272 valence electrons. The van der Waals surface area contributed by atoms with E-state index in [0.717, 1.165) is 57.1 Å². The average Bonchev–Trinajstić information content (AvgIpc) is 3.30. The summed E-state index contributed by atoms with van der Waals surface area (Å²) < 4.78 is 45.1. The quantitative estimate of drug-likeness (QED) is 0.0624. The number of aliphatic hydroxyl groups excluding tert-OH is 1. The Morgan fingerprint density at radius 2 is 1.59 bits per heavy atom. The summed E-state index contributed by atoms with van der Waals surface area (Å²) in [6.45, 7) is 2.91. The van der Waals surface area contributed by atoms with Crippen molar-refractivity contribution in [3.8, 4) is 0 Å². The van der Waals surface area contributed by atoms with Crippen molar-refractivity contribution in [2.24, 2.45) is 0 Å². The van der Waals surface area contributed by atoms with Gasteiger partial charge in [-0.15, -0.1) is 0 Å². The van der Waals surface area contributed by atoms with Crippen LogP contribution in [0.2, 0.25) is 0 Å². The van der Waals surface area contributed by atoms with Crippen molar-refractivity contribution >= 4 is 19.5 Å². The Morgan fingerprint density at radius 1 is 1.04 bits per heavy atom. The van der Waals surface area contributed by atoms with Gasteiger partial charge in [0.05, 0.1) is 6.61 Å². The lowest BCUT2D eigenvalue weighted by molar-refractivity contribution is -0.120. The van der Waals surface area contributed by atoms with Gasteiger partial charge in [0.2, 0.25) is 5.91 Å². The van der Waals surface area contributed by atoms with E-state index >= 15 is 4.39 Å². The Balaban J connectivity index is 1.58. The summed E-state index contributed by atoms with van der Waals surface area (Å²) in [5.74, 6) is -0.217. The van der Waals surface area contributed by atoms with Crippen molar-refractivity contribution < 1.29 is 32.6 Å². The molecule has 14 heteroatoms. The van der Waals surface area contributed by atoms with Crippen molar-refractivity contribution in [1.29, 1.82) is 0 Å². The number of alkyl halides is 1. The molecular weight excluding hydrogens is 652 g/mol. The van der Waals surface area contributed by atoms with Gasteiger partial charge in [0.25, 0.3) is 0 Å². The van der Waals surface area contributed by atoms with Crippen LogP contribution in [0.4, 0.5) is 10.2 Å². The number of carbonyl (C=O) groups is 1. The number of hydrogen-bond acceptors (Lipinski definition) is 9. The van der Waals surface area contributed by atoms with E-state index in [-0.39, 0.29) is 24.8 Å². The lowest BCUT2D eigenvalue weighted by Crippen LogP contribution is -2.43. The molecule has 1 aromatic rings. The minimum atomic E-state index is -3.89. The second-order valence-electron chi connectivity index (χ2n) is 11.4. The molecule has 2 rings (SSSR count). The van der Waals surface area contributed by atoms with Crippen LogP contribution < -0.4 is 21.8 Å². The standard InChI is InChI=1S/C35H53FN5O7P/c1-4-5-6-7-8-9-10-11-12-13-14-15-16-17-18-19-20-21-22-23-31(42)38-25-26-39-49(45,46-3)47-28-29-32(43)35(2,36)33(48-29)41-27-24-30(37)40-34(41)44/h5-6,8-9,11-12,14-15,17-18,20-21,24,27,29,32-33,43H,4,7,10,13,16,19,22-23,25-26,28H2,1-3H3,(H,38,42)(H,39,45)(H2,37,40,44)/b6-5-,9-8-,12-11-,15-14-,18-17-,21-20-/t29-,32-,33-,35-,49?/m1/s1. The number of nitrogens with zero attached hydrogens (tertiary/aromatic N) is 2. The van der Waals surface area contributed by atoms with Crippen molar-refractivity contribution in [3.63, 3.8) is 0 Å². The van der Waals surface area contributed by atoms with E-state index < -0.39 is 44.1 Å². The molecule has 1 unspecified atom stereocenters. The molecule has 5 atom stereocenters. The van der Waals surface area contributed by atoms with Gasteiger partial charge < -0.3 is 25.4 Å². The molecule has 1 fully saturated rings. The van der Waals surface area contributed by atoms with Gasteiger partial charge in [-0.3, -0.25) is 13.9 Å². The monoisotopic (exact) mass is 705 g/mol. The van der Waals surface area contributed by atoms with Crippen LogP contribution in [0.5, 0.6) is 0 Å². The van der Waals surface area contributed by atoms with Crippen LogP contribution >= 0.6 is 7.75 Å². The minimum absolute atomic E-state index is 0.0478. The van der Waals surface area contributed by atoms with Crippen LogP contribution in [-0.4, -0.2) is 65.2 Å². The zero-order valence-electron chi connectivity index (χ0n) is 28.8. The van der Waals surface area contributed by atoms with E-state index in [9.17, 15) is 19.3 Å². The van der Waals surface area contributed by atoms with Crippen LogP contribution in [0, 0.1) is 0 Å². The van der Waals surface area contributed by atoms with Gasteiger partial charge >= 0.3 is 13.4 Å². The van der Waals surface area contributed by atoms with Gasteiger partial charge in [-0.25, -0.2) is 18.8 Å². The number of allylic oxidation sites excluding steroid dienone is 12. The number of anilines is 1. The maximum atomic E-state index is 15.4. The second kappa shape index (κ2) is 23.0. The van der Waals surface area contributed by atoms with Crippen molar-refractivity contribution in [3.05, 3.63) is 95.7 Å². The topological polar surface area (TPSA) is 167 Å². The summed E-state index contributed by atoms with van der Waals surface area (Å²) in [6, 6.07) is 1.30. The van der Waals surface area contributed by atoms with Gasteiger partial charge in [0.15, 0.2) is 11.9 Å². The molecule has 1 saturated heterocycles. The van der Waals surface area contributed by atoms with E-state index in [4.69, 9.17) is 19.5 Å². The third kappa shape index (κ3) is 15.8. The molecule has 1 amide bonds. The molecule has 2 heterocycles. The molecule has 12 nitrogen and oxygen atoms in total. The number of hydrogen-bond donors (Lipinski definition) is 4. The van der Waals surface area contributed by atoms with E-state index in [0.29, 0.717) is 12.8 Å². The Labute approximate surface area is 289 Å². The molecule has 0 saturated carbocycles. The van der Waals surface area contributed by atoms with Crippen molar-refractivity contribution in [2.45, 2.75) is 89.3 Å². The zero-order valence-corrected chi connectivity index (χ0v) is 29.7. The number of aliphatic hydroxyl groups is 1. The lowest BCUT2D eigenvalue weighted by Gasteiger charge is -2.24. The van der Waals surface area contributed by atoms with Crippen LogP contribution in [-0.2, 0) is 23.1 Å². The lowest BCUT2D eigenvalue weighted by atomic mass is 9.98. The van der Waals surface area contributed by atoms with Gasteiger partial charge in [-0.05, 0) is 57.9 Å². The Bertz CT molecular complexity index is 1420. The first kappa shape index (κ1) is 41.7. The molecule has 0 bridgehead atoms. The Morgan fingerprint density at radius 3 is 2.12 bits per heavy atom. The highest BCUT2D eigenvalue weighted by Gasteiger charge is 2.55. The van der Waals surface area contributed by atoms with Crippen LogP contribution in [0.1, 0.15) is 71.4 Å². The van der Waals surface area contributed by atoms with Crippen molar-refractivity contribution in [1.82, 2.24) is 20.0 Å². The summed E-state index contributed by atoms with van der Waals surface area (Å²) in [5, 5.41) is 15.8. The first-order valence-electron chi connectivity index (χ1n) is 16.6. The van der Waals surface area contributed by atoms with Gasteiger partial charge in [-0.2, -0.15) is 4.98 Å². The molecule has 0 radical (unpaired) electrons. The molecule has 49 heavy (non-hydrogen) atoms. The number of aromatic nitrogens is 2. The number of nitrogen functional groups attached to an aromatic ring is 1. The Hall–Kier alpha value is -3.45. The number of nitrogens with one attached hydrogen (secondary N) is 2. The number of rotatable bonds is 23. The molecule has 1 aliphatic rings. The summed E-state index contributed by atoms with van der Waals surface area (Å²) in [4.78, 5) is 27.9. The van der Waals surface area contributed by atoms with Crippen LogP contribution in [0.3, 0.4) is 0 Å². The number of carbonyl (C=O) groups excluding carboxylic acids is 1. The van der Waals surface area contributed by atoms with Crippen molar-refractivity contribution in [2.75, 3.05) is 32.5 Å². The smallest absolute Gasteiger partial charge is 0.387 e. The summed E-state index contributed by atoms with van der Waals surface area (Å²) in [6.07, 6.45) is 28.7. The highest BCUT2D eigenvalue weighted by molar-refractivity contribution is 7.51. The Kier molecular flexibility index (Phi) is 19.6. The van der Waals surface area contributed by atoms with E-state index in [2.05, 4.69) is 83.1 Å². The first-order chi connectivity index (χ1) is 23.5. The number of ether oxygens (including phenoxy) is 1. The van der Waals surface area contributed by atoms with E-state index in [1.807, 2.05) is 12.2 Å². The molecular formula is C35H53FN5O7P. The van der Waals surface area contributed by atoms with Gasteiger partial charge in [0.1, 0.15) is 18.0 Å². The largest absolute Gasteiger partial charge is 0.405 e. The van der Waals surface area contributed by atoms with E-state index in [1.54, 1.807) is 0 Å². The maximum absolute atomic E-state index is 15.4. The summed E-state index contributed by atoms with van der Waals surface area (Å²) >= 11 is 0. The average molecular weight is 706 g/mol. The van der Waals surface area contributed by atoms with Crippen LogP contribution in [0.25, 0.3) is 0 Å². The highest BCUT2D eigenvalue weighted by Crippen LogP contribution is 2.45. The summed E-state index contributed by atoms with van der Waals surface area (Å²) in [7, 11) is -2.73. The molecule has 5 N–H and O–H groups in total. The second-order valence-corrected chi connectivity index (χ2v) is 13.3. The van der Waals surface area contributed by atoms with Gasteiger partial charge in [-0.1, -0.05) is 79.8 Å². The minimum Gasteiger partial charge on any atom is -0.387 e. The molecule has 1 aliphatic heterocycles. The fourth-order valence-corrected chi connectivity index (χ4v) is 5.68. The zero-order chi connectivity index (χ0) is 36.0. The third-order valence-electron chi connectivity index (χ3n) is 7.36. The fourth-order valence-electron chi connectivity index (χ4n) is 4.63. The number of amides is 1. The van der Waals surface area contributed by atoms with Crippen LogP contribution in [0.15, 0.2) is 90.0 Å². The van der Waals surface area contributed by atoms with Gasteiger partial charge in [0, 0.05) is 32.8 Å². The normalized spacial score (nSPS) is 22.9. The molecule has 0 spiro atoms. The fraction of sp³-hybridized carbons (Fsp3) is 0.514.